The number of unbranched alkanes of at least 4 members (excludes halogenated alkanes) is 5. The van der Waals surface area contributed by atoms with Gasteiger partial charge in [0.2, 0.25) is 0 Å². The summed E-state index contributed by atoms with van der Waals surface area (Å²) in [6.07, 6.45) is 15.4. The molecule has 1 N–H and O–H groups in total. The van der Waals surface area contributed by atoms with Crippen molar-refractivity contribution in [3.05, 3.63) is 0 Å². The molecule has 0 aromatic carbocycles. The van der Waals surface area contributed by atoms with Crippen LogP contribution < -0.4 is 0 Å². The average Bonchev–Trinajstić information content (AvgIpc) is 2.42. The summed E-state index contributed by atoms with van der Waals surface area (Å²) in [6.45, 7) is 2.96. The minimum Gasteiger partial charge on any atom is -0.394 e. The van der Waals surface area contributed by atoms with E-state index in [1.165, 1.54) is 70.6 Å². The summed E-state index contributed by atoms with van der Waals surface area (Å²) < 4.78 is 5.60. The number of hydrogen-bond donors (Lipinski definition) is 1. The van der Waals surface area contributed by atoms with Gasteiger partial charge in [-0.15, -0.1) is 0 Å². The Bertz CT molecular complexity index is 174. The van der Waals surface area contributed by atoms with Crippen molar-refractivity contribution in [2.45, 2.75) is 106 Å². The number of aliphatic hydroxyl groups is 1. The Labute approximate surface area is 135 Å². The maximum atomic E-state index is 8.73. The van der Waals surface area contributed by atoms with Gasteiger partial charge in [-0.3, -0.25) is 0 Å². The highest BCUT2D eigenvalue weighted by atomic mass is 16.5. The predicted molar refractivity (Wildman–Crippen MR) is 97.0 cm³/mol. The lowest BCUT2D eigenvalue weighted by molar-refractivity contribution is -0.000329. The first-order chi connectivity index (χ1) is 8.86. The molecule has 1 aliphatic rings. The topological polar surface area (TPSA) is 29.5 Å². The second-order valence-electron chi connectivity index (χ2n) is 5.79. The highest BCUT2D eigenvalue weighted by molar-refractivity contribution is 4.72. The smallest absolute Gasteiger partial charge is 0.0701 e. The molecule has 2 nitrogen and oxygen atoms in total. The fourth-order valence-electron chi connectivity index (χ4n) is 3.02. The quantitative estimate of drug-likeness (QED) is 0.486. The van der Waals surface area contributed by atoms with Gasteiger partial charge in [-0.1, -0.05) is 74.1 Å². The highest BCUT2D eigenvalue weighted by Crippen LogP contribution is 2.30. The Morgan fingerprint density at radius 2 is 1.43 bits per heavy atom. The molecule has 0 aromatic rings. The molecule has 0 unspecified atom stereocenters. The van der Waals surface area contributed by atoms with Crippen molar-refractivity contribution in [2.24, 2.45) is 5.92 Å². The lowest BCUT2D eigenvalue weighted by atomic mass is 9.84. The molecule has 0 aromatic heterocycles. The average molecular weight is 305 g/mol. The lowest BCUT2D eigenvalue weighted by Crippen LogP contribution is -2.22. The molecular formula is C19H44O2. The van der Waals surface area contributed by atoms with Crippen LogP contribution in [-0.4, -0.2) is 24.4 Å². The van der Waals surface area contributed by atoms with Crippen molar-refractivity contribution in [3.8, 4) is 0 Å². The van der Waals surface area contributed by atoms with Crippen molar-refractivity contribution in [3.63, 3.8) is 0 Å². The van der Waals surface area contributed by atoms with Gasteiger partial charge in [0.25, 0.3) is 0 Å². The summed E-state index contributed by atoms with van der Waals surface area (Å²) in [5, 5.41) is 8.73. The van der Waals surface area contributed by atoms with Crippen LogP contribution in [-0.2, 0) is 4.74 Å². The maximum absolute atomic E-state index is 8.73. The van der Waals surface area contributed by atoms with Crippen LogP contribution in [0.15, 0.2) is 0 Å². The monoisotopic (exact) mass is 304 g/mol. The molecule has 0 atom stereocenters. The summed E-state index contributed by atoms with van der Waals surface area (Å²) in [5.41, 5.74) is 0. The maximum Gasteiger partial charge on any atom is 0.0701 e. The SMILES string of the molecule is C.C.C.CCCCCCCCC1CCC(OCCO)CC1. The standard InChI is InChI=1S/C16H32O2.3CH4/c1-2-3-4-5-6-7-8-15-9-11-16(12-10-15)18-14-13-17;;;/h15-17H,2-14H2,1H3;3*1H4. The van der Waals surface area contributed by atoms with Crippen LogP contribution >= 0.6 is 0 Å². The summed E-state index contributed by atoms with van der Waals surface area (Å²) >= 11 is 0. The number of rotatable bonds is 10. The predicted octanol–water partition coefficient (Wildman–Crippen LogP) is 6.21. The van der Waals surface area contributed by atoms with Gasteiger partial charge in [0.05, 0.1) is 19.3 Å². The van der Waals surface area contributed by atoms with E-state index in [-0.39, 0.29) is 28.9 Å². The summed E-state index contributed by atoms with van der Waals surface area (Å²) in [6, 6.07) is 0. The Morgan fingerprint density at radius 1 is 0.857 bits per heavy atom. The molecule has 1 aliphatic carbocycles. The molecule has 0 heterocycles. The molecule has 0 amide bonds. The zero-order valence-corrected chi connectivity index (χ0v) is 12.2. The van der Waals surface area contributed by atoms with E-state index in [2.05, 4.69) is 6.92 Å². The Balaban J connectivity index is -0.00000108. The summed E-state index contributed by atoms with van der Waals surface area (Å²) in [4.78, 5) is 0. The van der Waals surface area contributed by atoms with E-state index >= 15 is 0 Å². The van der Waals surface area contributed by atoms with E-state index in [0.717, 1.165) is 5.92 Å². The largest absolute Gasteiger partial charge is 0.394 e. The van der Waals surface area contributed by atoms with Crippen LogP contribution in [0.1, 0.15) is 99.8 Å². The van der Waals surface area contributed by atoms with E-state index < -0.39 is 0 Å². The normalized spacial score (nSPS) is 20.9. The first-order valence-electron chi connectivity index (χ1n) is 8.09. The van der Waals surface area contributed by atoms with Crippen LogP contribution in [0.4, 0.5) is 0 Å². The van der Waals surface area contributed by atoms with Gasteiger partial charge in [-0.05, 0) is 31.6 Å². The number of hydrogen-bond acceptors (Lipinski definition) is 2. The lowest BCUT2D eigenvalue weighted by Gasteiger charge is -2.28. The summed E-state index contributed by atoms with van der Waals surface area (Å²) in [7, 11) is 0. The molecule has 0 spiro atoms. The number of aliphatic hydroxyl groups excluding tert-OH is 1. The van der Waals surface area contributed by atoms with E-state index in [0.29, 0.717) is 12.7 Å². The fraction of sp³-hybridized carbons (Fsp3) is 1.00. The molecule has 0 radical (unpaired) electrons. The van der Waals surface area contributed by atoms with Gasteiger partial charge in [0, 0.05) is 0 Å². The molecule has 1 fully saturated rings. The van der Waals surface area contributed by atoms with Crippen LogP contribution in [0.5, 0.6) is 0 Å². The van der Waals surface area contributed by atoms with Gasteiger partial charge in [0.1, 0.15) is 0 Å². The zero-order valence-electron chi connectivity index (χ0n) is 12.2. The third-order valence-corrected chi connectivity index (χ3v) is 4.20. The van der Waals surface area contributed by atoms with E-state index in [1.807, 2.05) is 0 Å². The van der Waals surface area contributed by atoms with Gasteiger partial charge in [-0.25, -0.2) is 0 Å². The van der Waals surface area contributed by atoms with Crippen LogP contribution in [0.2, 0.25) is 0 Å². The molecule has 1 rings (SSSR count). The third-order valence-electron chi connectivity index (χ3n) is 4.20. The van der Waals surface area contributed by atoms with Crippen molar-refractivity contribution >= 4 is 0 Å². The Hall–Kier alpha value is -0.0800. The van der Waals surface area contributed by atoms with Crippen molar-refractivity contribution in [1.82, 2.24) is 0 Å². The van der Waals surface area contributed by atoms with Crippen LogP contribution in [0.25, 0.3) is 0 Å². The van der Waals surface area contributed by atoms with E-state index in [9.17, 15) is 0 Å². The Kier molecular flexibility index (Phi) is 22.1. The molecule has 0 saturated heterocycles. The van der Waals surface area contributed by atoms with Gasteiger partial charge in [-0.2, -0.15) is 0 Å². The Morgan fingerprint density at radius 3 is 2.00 bits per heavy atom. The highest BCUT2D eigenvalue weighted by Gasteiger charge is 2.20. The number of ether oxygens (including phenoxy) is 1. The van der Waals surface area contributed by atoms with E-state index in [1.54, 1.807) is 0 Å². The zero-order chi connectivity index (χ0) is 13.1. The molecule has 132 valence electrons. The molecule has 0 bridgehead atoms. The van der Waals surface area contributed by atoms with Gasteiger partial charge >= 0.3 is 0 Å². The van der Waals surface area contributed by atoms with Crippen molar-refractivity contribution < 1.29 is 9.84 Å². The first kappa shape index (κ1) is 25.9. The molecular weight excluding hydrogens is 260 g/mol. The molecule has 0 aliphatic heterocycles. The van der Waals surface area contributed by atoms with Crippen LogP contribution in [0.3, 0.4) is 0 Å². The van der Waals surface area contributed by atoms with E-state index in [4.69, 9.17) is 9.84 Å². The molecule has 2 heteroatoms. The van der Waals surface area contributed by atoms with Crippen LogP contribution in [0, 0.1) is 5.92 Å². The van der Waals surface area contributed by atoms with Crippen molar-refractivity contribution in [2.75, 3.05) is 13.2 Å². The second kappa shape index (κ2) is 18.0. The minimum absolute atomic E-state index is 0. The minimum atomic E-state index is 0. The van der Waals surface area contributed by atoms with Crippen molar-refractivity contribution in [1.29, 1.82) is 0 Å². The molecule has 1 saturated carbocycles. The third kappa shape index (κ3) is 13.3. The second-order valence-corrected chi connectivity index (χ2v) is 5.79. The first-order valence-corrected chi connectivity index (χ1v) is 8.09. The van der Waals surface area contributed by atoms with Gasteiger partial charge in [0.15, 0.2) is 0 Å². The fourth-order valence-corrected chi connectivity index (χ4v) is 3.02. The molecule has 21 heavy (non-hydrogen) atoms. The summed E-state index contributed by atoms with van der Waals surface area (Å²) in [5.74, 6) is 0.949. The van der Waals surface area contributed by atoms with Gasteiger partial charge < -0.3 is 9.84 Å².